The van der Waals surface area contributed by atoms with Gasteiger partial charge in [0.05, 0.1) is 45.8 Å². The molecule has 0 saturated carbocycles. The summed E-state index contributed by atoms with van der Waals surface area (Å²) in [5, 5.41) is -0.0372. The summed E-state index contributed by atoms with van der Waals surface area (Å²) < 4.78 is 27.0. The maximum Gasteiger partial charge on any atom is 0.207 e. The number of carbonyl (C=O) groups excluding carboxylic acids is 1. The van der Waals surface area contributed by atoms with E-state index in [-0.39, 0.29) is 5.03 Å². The van der Waals surface area contributed by atoms with Gasteiger partial charge in [-0.15, -0.1) is 0 Å². The van der Waals surface area contributed by atoms with Crippen molar-refractivity contribution < 1.29 is 28.5 Å². The zero-order chi connectivity index (χ0) is 21.6. The van der Waals surface area contributed by atoms with Crippen LogP contribution < -0.4 is 29.4 Å². The lowest BCUT2D eigenvalue weighted by Crippen LogP contribution is -2.03. The number of anilines is 1. The number of hydrogen-bond acceptors (Lipinski definition) is 7. The average Bonchev–Trinajstić information content (AvgIpc) is 2.73. The first-order valence-corrected chi connectivity index (χ1v) is 9.10. The number of rotatable bonds is 9. The highest BCUT2D eigenvalue weighted by Crippen LogP contribution is 2.47. The van der Waals surface area contributed by atoms with Crippen molar-refractivity contribution in [3.05, 3.63) is 40.4 Å². The van der Waals surface area contributed by atoms with Gasteiger partial charge in [-0.25, -0.2) is 0 Å². The molecular formula is C21H24ClNO6. The first-order valence-electron chi connectivity index (χ1n) is 8.72. The molecule has 2 rings (SSSR count). The molecule has 0 atom stereocenters. The molecule has 0 heterocycles. The molecule has 0 bridgehead atoms. The minimum absolute atomic E-state index is 0.0372. The Bertz CT molecular complexity index is 926. The summed E-state index contributed by atoms with van der Waals surface area (Å²) in [7, 11) is 5.94. The Hall–Kier alpha value is -3.06. The predicted octanol–water partition coefficient (Wildman–Crippen LogP) is 4.16. The second-order valence-corrected chi connectivity index (χ2v) is 6.18. The summed E-state index contributed by atoms with van der Waals surface area (Å²) in [6.45, 7) is 2.26. The topological polar surface area (TPSA) is 89.2 Å². The van der Waals surface area contributed by atoms with Crippen LogP contribution in [0.5, 0.6) is 28.7 Å². The van der Waals surface area contributed by atoms with Crippen LogP contribution in [0, 0.1) is 0 Å². The zero-order valence-electron chi connectivity index (χ0n) is 17.0. The lowest BCUT2D eigenvalue weighted by molar-refractivity contribution is 0.104. The van der Waals surface area contributed by atoms with E-state index in [1.54, 1.807) is 24.3 Å². The molecule has 2 aromatic rings. The Morgan fingerprint density at radius 3 is 2.17 bits per heavy atom. The highest BCUT2D eigenvalue weighted by atomic mass is 35.5. The standard InChI is InChI=1S/C21H24ClNO6/c1-6-29-16-10-12(7-8-15(16)23)18(24)14(22)9-13-11-17(25-2)20(27-4)21(28-5)19(13)26-3/h7-11H,6,23H2,1-5H3. The number of nitrogens with two attached hydrogens (primary N) is 1. The second-order valence-electron chi connectivity index (χ2n) is 5.77. The second kappa shape index (κ2) is 9.93. The molecule has 2 N–H and O–H groups in total. The number of benzene rings is 2. The number of ketones is 1. The first-order chi connectivity index (χ1) is 13.9. The summed E-state index contributed by atoms with van der Waals surface area (Å²) in [6.07, 6.45) is 1.48. The van der Waals surface area contributed by atoms with Crippen molar-refractivity contribution in [1.82, 2.24) is 0 Å². The van der Waals surface area contributed by atoms with Gasteiger partial charge in [0, 0.05) is 11.1 Å². The fraction of sp³-hybridized carbons (Fsp3) is 0.286. The van der Waals surface area contributed by atoms with Crippen molar-refractivity contribution in [2.24, 2.45) is 0 Å². The molecular weight excluding hydrogens is 398 g/mol. The van der Waals surface area contributed by atoms with E-state index in [0.29, 0.717) is 52.2 Å². The maximum absolute atomic E-state index is 12.8. The summed E-state index contributed by atoms with van der Waals surface area (Å²) >= 11 is 6.33. The molecule has 0 aliphatic carbocycles. The van der Waals surface area contributed by atoms with Crippen LogP contribution in [0.4, 0.5) is 5.69 Å². The molecule has 156 valence electrons. The summed E-state index contributed by atoms with van der Waals surface area (Å²) in [4.78, 5) is 12.8. The smallest absolute Gasteiger partial charge is 0.207 e. The number of allylic oxidation sites excluding steroid dienone is 1. The molecule has 7 nitrogen and oxygen atoms in total. The van der Waals surface area contributed by atoms with Crippen LogP contribution in [0.1, 0.15) is 22.8 Å². The van der Waals surface area contributed by atoms with E-state index in [4.69, 9.17) is 41.0 Å². The van der Waals surface area contributed by atoms with Gasteiger partial charge < -0.3 is 29.4 Å². The van der Waals surface area contributed by atoms with E-state index in [2.05, 4.69) is 0 Å². The van der Waals surface area contributed by atoms with Crippen molar-refractivity contribution in [2.45, 2.75) is 6.92 Å². The van der Waals surface area contributed by atoms with Gasteiger partial charge in [-0.05, 0) is 37.3 Å². The molecule has 0 aromatic heterocycles. The average molecular weight is 422 g/mol. The lowest BCUT2D eigenvalue weighted by atomic mass is 10.1. The predicted molar refractivity (Wildman–Crippen MR) is 113 cm³/mol. The summed E-state index contributed by atoms with van der Waals surface area (Å²) in [5.41, 5.74) is 7.13. The molecule has 0 radical (unpaired) electrons. The van der Waals surface area contributed by atoms with E-state index in [9.17, 15) is 4.79 Å². The van der Waals surface area contributed by atoms with Gasteiger partial charge in [0.15, 0.2) is 11.5 Å². The van der Waals surface area contributed by atoms with E-state index in [1.165, 1.54) is 34.5 Å². The van der Waals surface area contributed by atoms with Gasteiger partial charge in [0.25, 0.3) is 0 Å². The normalized spacial score (nSPS) is 11.0. The SMILES string of the molecule is CCOc1cc(C(=O)C(Cl)=Cc2cc(OC)c(OC)c(OC)c2OC)ccc1N. The Kier molecular flexibility index (Phi) is 7.61. The van der Waals surface area contributed by atoms with E-state index >= 15 is 0 Å². The molecule has 2 aromatic carbocycles. The molecule has 0 unspecified atom stereocenters. The van der Waals surface area contributed by atoms with Crippen LogP contribution >= 0.6 is 11.6 Å². The van der Waals surface area contributed by atoms with Crippen LogP contribution in [0.3, 0.4) is 0 Å². The monoisotopic (exact) mass is 421 g/mol. The van der Waals surface area contributed by atoms with Crippen molar-refractivity contribution in [3.8, 4) is 28.7 Å². The van der Waals surface area contributed by atoms with Crippen LogP contribution in [0.25, 0.3) is 6.08 Å². The molecule has 8 heteroatoms. The third-order valence-electron chi connectivity index (χ3n) is 4.09. The van der Waals surface area contributed by atoms with E-state index in [1.807, 2.05) is 6.92 Å². The van der Waals surface area contributed by atoms with Crippen molar-refractivity contribution in [1.29, 1.82) is 0 Å². The molecule has 0 fully saturated rings. The van der Waals surface area contributed by atoms with Gasteiger partial charge >= 0.3 is 0 Å². The molecule has 0 amide bonds. The first kappa shape index (κ1) is 22.2. The fourth-order valence-electron chi connectivity index (χ4n) is 2.76. The highest BCUT2D eigenvalue weighted by molar-refractivity contribution is 6.47. The van der Waals surface area contributed by atoms with Crippen LogP contribution in [0.2, 0.25) is 0 Å². The minimum atomic E-state index is -0.400. The lowest BCUT2D eigenvalue weighted by Gasteiger charge is -2.17. The van der Waals surface area contributed by atoms with Crippen LogP contribution in [0.15, 0.2) is 29.3 Å². The number of carbonyl (C=O) groups is 1. The van der Waals surface area contributed by atoms with E-state index in [0.717, 1.165) is 0 Å². The number of methoxy groups -OCH3 is 4. The van der Waals surface area contributed by atoms with Crippen molar-refractivity contribution in [2.75, 3.05) is 40.8 Å². The van der Waals surface area contributed by atoms with Gasteiger partial charge in [0.2, 0.25) is 17.3 Å². The zero-order valence-corrected chi connectivity index (χ0v) is 17.8. The Balaban J connectivity index is 2.53. The Labute approximate surface area is 174 Å². The third kappa shape index (κ3) is 4.68. The molecule has 0 saturated heterocycles. The third-order valence-corrected chi connectivity index (χ3v) is 4.37. The van der Waals surface area contributed by atoms with Gasteiger partial charge in [-0.1, -0.05) is 11.6 Å². The molecule has 0 aliphatic heterocycles. The fourth-order valence-corrected chi connectivity index (χ4v) is 2.99. The summed E-state index contributed by atoms with van der Waals surface area (Å²) in [5.74, 6) is 1.47. The Morgan fingerprint density at radius 1 is 0.966 bits per heavy atom. The van der Waals surface area contributed by atoms with Gasteiger partial charge in [-0.3, -0.25) is 4.79 Å². The molecule has 29 heavy (non-hydrogen) atoms. The van der Waals surface area contributed by atoms with Gasteiger partial charge in [0.1, 0.15) is 5.75 Å². The van der Waals surface area contributed by atoms with Crippen LogP contribution in [-0.2, 0) is 0 Å². The van der Waals surface area contributed by atoms with Crippen LogP contribution in [-0.4, -0.2) is 40.8 Å². The number of ether oxygens (including phenoxy) is 5. The number of Topliss-reactive ketones (excluding diaryl/α,β-unsaturated/α-hetero) is 1. The molecule has 0 aliphatic rings. The maximum atomic E-state index is 12.8. The quantitative estimate of drug-likeness (QED) is 0.369. The largest absolute Gasteiger partial charge is 0.493 e. The summed E-state index contributed by atoms with van der Waals surface area (Å²) in [6, 6.07) is 6.39. The van der Waals surface area contributed by atoms with Crippen molar-refractivity contribution in [3.63, 3.8) is 0 Å². The van der Waals surface area contributed by atoms with Gasteiger partial charge in [-0.2, -0.15) is 0 Å². The minimum Gasteiger partial charge on any atom is -0.493 e. The van der Waals surface area contributed by atoms with Crippen molar-refractivity contribution >= 4 is 29.1 Å². The molecule has 0 spiro atoms. The number of nitrogen functional groups attached to an aromatic ring is 1. The highest BCUT2D eigenvalue weighted by Gasteiger charge is 2.22. The number of hydrogen-bond donors (Lipinski definition) is 1. The van der Waals surface area contributed by atoms with E-state index < -0.39 is 5.78 Å². The Morgan fingerprint density at radius 2 is 1.62 bits per heavy atom. The number of halogens is 1.